The molecule has 0 unspecified atom stereocenters. The van der Waals surface area contributed by atoms with Gasteiger partial charge in [-0.05, 0) is 50.9 Å². The maximum atomic E-state index is 14.0. The van der Waals surface area contributed by atoms with Gasteiger partial charge in [0.1, 0.15) is 5.82 Å². The predicted octanol–water partition coefficient (Wildman–Crippen LogP) is 1.91. The second kappa shape index (κ2) is 7.39. The molecule has 138 valence electrons. The summed E-state index contributed by atoms with van der Waals surface area (Å²) in [7, 11) is -3.21. The fourth-order valence-electron chi connectivity index (χ4n) is 3.57. The van der Waals surface area contributed by atoms with Crippen LogP contribution in [0, 0.1) is 5.82 Å². The molecule has 2 fully saturated rings. The van der Waals surface area contributed by atoms with Gasteiger partial charge in [0, 0.05) is 25.2 Å². The van der Waals surface area contributed by atoms with Crippen molar-refractivity contribution in [3.63, 3.8) is 0 Å². The molecule has 0 spiro atoms. The molecule has 0 amide bonds. The molecule has 1 N–H and O–H groups in total. The number of carboxylic acid groups (broad SMARTS) is 1. The first kappa shape index (κ1) is 18.3. The van der Waals surface area contributed by atoms with Crippen molar-refractivity contribution in [3.05, 3.63) is 35.1 Å². The van der Waals surface area contributed by atoms with E-state index >= 15 is 0 Å². The highest BCUT2D eigenvalue weighted by molar-refractivity contribution is 7.89. The number of carbonyl (C=O) groups is 1. The van der Waals surface area contributed by atoms with Crippen LogP contribution in [0.2, 0.25) is 0 Å². The molecule has 2 aliphatic heterocycles. The number of likely N-dealkylation sites (tertiary alicyclic amines) is 1. The molecule has 2 heterocycles. The van der Waals surface area contributed by atoms with E-state index in [0.29, 0.717) is 51.1 Å². The van der Waals surface area contributed by atoms with Crippen LogP contribution in [0.5, 0.6) is 0 Å². The van der Waals surface area contributed by atoms with E-state index in [2.05, 4.69) is 0 Å². The average Bonchev–Trinajstić information content (AvgIpc) is 3.12. The molecule has 6 nitrogen and oxygen atoms in total. The van der Waals surface area contributed by atoms with Crippen molar-refractivity contribution in [1.82, 2.24) is 9.21 Å². The van der Waals surface area contributed by atoms with Crippen LogP contribution < -0.4 is 0 Å². The number of hydrogen-bond donors (Lipinski definition) is 1. The molecule has 0 bridgehead atoms. The third-order valence-corrected chi connectivity index (χ3v) is 7.47. The van der Waals surface area contributed by atoms with E-state index in [4.69, 9.17) is 5.11 Å². The Morgan fingerprint density at radius 3 is 2.36 bits per heavy atom. The van der Waals surface area contributed by atoms with Gasteiger partial charge in [0.15, 0.2) is 0 Å². The van der Waals surface area contributed by atoms with Crippen molar-refractivity contribution in [2.24, 2.45) is 0 Å². The van der Waals surface area contributed by atoms with Crippen molar-refractivity contribution in [3.8, 4) is 0 Å². The summed E-state index contributed by atoms with van der Waals surface area (Å²) in [4.78, 5) is 12.9. The molecule has 2 aliphatic rings. The first-order valence-electron chi connectivity index (χ1n) is 8.61. The van der Waals surface area contributed by atoms with Crippen LogP contribution in [0.4, 0.5) is 4.39 Å². The quantitative estimate of drug-likeness (QED) is 0.857. The van der Waals surface area contributed by atoms with Crippen molar-refractivity contribution in [1.29, 1.82) is 0 Å². The van der Waals surface area contributed by atoms with Gasteiger partial charge in [-0.25, -0.2) is 21.9 Å². The summed E-state index contributed by atoms with van der Waals surface area (Å²) in [5, 5.41) is 8.53. The Kier molecular flexibility index (Phi) is 5.41. The van der Waals surface area contributed by atoms with Crippen molar-refractivity contribution in [2.75, 3.05) is 26.2 Å². The fraction of sp³-hybridized carbons (Fsp3) is 0.588. The first-order chi connectivity index (χ1) is 11.9. The van der Waals surface area contributed by atoms with Gasteiger partial charge in [0.25, 0.3) is 0 Å². The van der Waals surface area contributed by atoms with Crippen molar-refractivity contribution >= 4 is 16.0 Å². The third-order valence-electron chi connectivity index (χ3n) is 5.07. The molecule has 1 aromatic rings. The Morgan fingerprint density at radius 2 is 1.80 bits per heavy atom. The number of sulfonamides is 1. The molecule has 1 aromatic carbocycles. The summed E-state index contributed by atoms with van der Waals surface area (Å²) in [6.07, 6.45) is 2.97. The number of piperidine rings is 1. The Bertz CT molecular complexity index is 739. The van der Waals surface area contributed by atoms with Crippen LogP contribution >= 0.6 is 0 Å². The number of benzene rings is 1. The van der Waals surface area contributed by atoms with Crippen LogP contribution in [-0.2, 0) is 16.6 Å². The van der Waals surface area contributed by atoms with E-state index < -0.39 is 21.8 Å². The van der Waals surface area contributed by atoms with Gasteiger partial charge in [-0.3, -0.25) is 4.90 Å². The summed E-state index contributed by atoms with van der Waals surface area (Å²) < 4.78 is 40.9. The standard InChI is InChI=1S/C17H23FN2O4S/c18-16-11-13(17(21)22)3-4-14(16)12-19-9-5-15(6-10-19)25(23,24)20-7-1-2-8-20/h3-4,11,15H,1-2,5-10,12H2,(H,21,22). The van der Waals surface area contributed by atoms with Gasteiger partial charge in [0.05, 0.1) is 10.8 Å². The van der Waals surface area contributed by atoms with Gasteiger partial charge in [-0.2, -0.15) is 0 Å². The molecule has 0 saturated carbocycles. The molecule has 0 radical (unpaired) electrons. The van der Waals surface area contributed by atoms with Crippen LogP contribution in [-0.4, -0.2) is 60.1 Å². The Morgan fingerprint density at radius 1 is 1.16 bits per heavy atom. The third kappa shape index (κ3) is 4.02. The molecule has 0 aliphatic carbocycles. The normalized spacial score (nSPS) is 20.8. The molecule has 0 atom stereocenters. The van der Waals surface area contributed by atoms with Gasteiger partial charge in [-0.15, -0.1) is 0 Å². The van der Waals surface area contributed by atoms with Gasteiger partial charge in [0.2, 0.25) is 10.0 Å². The molecule has 3 rings (SSSR count). The molecule has 2 saturated heterocycles. The Hall–Kier alpha value is -1.51. The minimum absolute atomic E-state index is 0.0725. The molecule has 8 heteroatoms. The summed E-state index contributed by atoms with van der Waals surface area (Å²) >= 11 is 0. The number of rotatable bonds is 5. The Labute approximate surface area is 147 Å². The second-order valence-corrected chi connectivity index (χ2v) is 8.95. The molecular formula is C17H23FN2O4S. The van der Waals surface area contributed by atoms with E-state index in [-0.39, 0.29) is 10.8 Å². The number of halogens is 1. The van der Waals surface area contributed by atoms with Gasteiger partial charge < -0.3 is 5.11 Å². The monoisotopic (exact) mass is 370 g/mol. The lowest BCUT2D eigenvalue weighted by Gasteiger charge is -2.33. The maximum absolute atomic E-state index is 14.0. The van der Waals surface area contributed by atoms with Crippen LogP contribution in [0.25, 0.3) is 0 Å². The SMILES string of the molecule is O=C(O)c1ccc(CN2CCC(S(=O)(=O)N3CCCC3)CC2)c(F)c1. The van der Waals surface area contributed by atoms with Gasteiger partial charge in [-0.1, -0.05) is 6.07 Å². The highest BCUT2D eigenvalue weighted by atomic mass is 32.2. The van der Waals surface area contributed by atoms with Crippen LogP contribution in [0.15, 0.2) is 18.2 Å². The number of nitrogens with zero attached hydrogens (tertiary/aromatic N) is 2. The zero-order valence-corrected chi connectivity index (χ0v) is 14.8. The van der Waals surface area contributed by atoms with E-state index in [9.17, 15) is 17.6 Å². The largest absolute Gasteiger partial charge is 0.478 e. The zero-order valence-electron chi connectivity index (χ0n) is 14.0. The highest BCUT2D eigenvalue weighted by Gasteiger charge is 2.35. The number of aromatic carboxylic acids is 1. The van der Waals surface area contributed by atoms with E-state index in [1.807, 2.05) is 4.90 Å². The lowest BCUT2D eigenvalue weighted by molar-refractivity contribution is 0.0696. The maximum Gasteiger partial charge on any atom is 0.335 e. The van der Waals surface area contributed by atoms with E-state index in [1.165, 1.54) is 12.1 Å². The fourth-order valence-corrected chi connectivity index (χ4v) is 5.56. The smallest absolute Gasteiger partial charge is 0.335 e. The van der Waals surface area contributed by atoms with Crippen LogP contribution in [0.1, 0.15) is 41.6 Å². The Balaban J connectivity index is 1.58. The van der Waals surface area contributed by atoms with Crippen LogP contribution in [0.3, 0.4) is 0 Å². The molecule has 0 aromatic heterocycles. The average molecular weight is 370 g/mol. The summed E-state index contributed by atoms with van der Waals surface area (Å²) in [5.74, 6) is -1.69. The summed E-state index contributed by atoms with van der Waals surface area (Å²) in [5.41, 5.74) is 0.363. The molecular weight excluding hydrogens is 347 g/mol. The number of carboxylic acids is 1. The second-order valence-electron chi connectivity index (χ2n) is 6.74. The zero-order chi connectivity index (χ0) is 18.0. The summed E-state index contributed by atoms with van der Waals surface area (Å²) in [6, 6.07) is 3.92. The van der Waals surface area contributed by atoms with Gasteiger partial charge >= 0.3 is 5.97 Å². The summed E-state index contributed by atoms with van der Waals surface area (Å²) in [6.45, 7) is 2.81. The lowest BCUT2D eigenvalue weighted by atomic mass is 10.1. The molecule has 25 heavy (non-hydrogen) atoms. The topological polar surface area (TPSA) is 77.9 Å². The highest BCUT2D eigenvalue weighted by Crippen LogP contribution is 2.25. The number of hydrogen-bond acceptors (Lipinski definition) is 4. The van der Waals surface area contributed by atoms with Crippen molar-refractivity contribution in [2.45, 2.75) is 37.5 Å². The predicted molar refractivity (Wildman–Crippen MR) is 91.4 cm³/mol. The minimum Gasteiger partial charge on any atom is -0.478 e. The first-order valence-corrected chi connectivity index (χ1v) is 10.1. The van der Waals surface area contributed by atoms with E-state index in [1.54, 1.807) is 4.31 Å². The van der Waals surface area contributed by atoms with Crippen molar-refractivity contribution < 1.29 is 22.7 Å². The van der Waals surface area contributed by atoms with E-state index in [0.717, 1.165) is 18.9 Å². The lowest BCUT2D eigenvalue weighted by Crippen LogP contribution is -2.44. The minimum atomic E-state index is -3.21.